The van der Waals surface area contributed by atoms with Crippen molar-refractivity contribution >= 4 is 5.69 Å². The van der Waals surface area contributed by atoms with Gasteiger partial charge in [0.25, 0.3) is 0 Å². The maximum Gasteiger partial charge on any atom is 0.416 e. The molecule has 0 aliphatic rings. The van der Waals surface area contributed by atoms with Crippen molar-refractivity contribution in [3.63, 3.8) is 0 Å². The number of alkyl halides is 3. The number of hydrogen-bond donors (Lipinski definition) is 2. The summed E-state index contributed by atoms with van der Waals surface area (Å²) in [6.07, 6.45) is -4.39. The van der Waals surface area contributed by atoms with Crippen LogP contribution >= 0.6 is 0 Å². The van der Waals surface area contributed by atoms with E-state index in [1.54, 1.807) is 4.90 Å². The standard InChI is InChI=1S/C12H17F3N2O/c1-2-17(5-6-18)10-3-4-11(12(13,14)15)9(7-10)8-16/h3-4,7,18H,2,5-6,8,16H2,1H3. The largest absolute Gasteiger partial charge is 0.416 e. The molecule has 0 saturated heterocycles. The fraction of sp³-hybridized carbons (Fsp3) is 0.500. The fourth-order valence-corrected chi connectivity index (χ4v) is 1.81. The number of anilines is 1. The van der Waals surface area contributed by atoms with Crippen molar-refractivity contribution in [1.29, 1.82) is 0 Å². The first-order valence-corrected chi connectivity index (χ1v) is 5.70. The first-order valence-electron chi connectivity index (χ1n) is 5.70. The van der Waals surface area contributed by atoms with Gasteiger partial charge in [-0.15, -0.1) is 0 Å². The predicted molar refractivity (Wildman–Crippen MR) is 64.3 cm³/mol. The second-order valence-electron chi connectivity index (χ2n) is 3.85. The first kappa shape index (κ1) is 14.8. The van der Waals surface area contributed by atoms with Crippen LogP contribution in [0.2, 0.25) is 0 Å². The SMILES string of the molecule is CCN(CCO)c1ccc(C(F)(F)F)c(CN)c1. The van der Waals surface area contributed by atoms with E-state index >= 15 is 0 Å². The van der Waals surface area contributed by atoms with Crippen molar-refractivity contribution in [2.24, 2.45) is 5.73 Å². The molecule has 0 aliphatic heterocycles. The van der Waals surface area contributed by atoms with Gasteiger partial charge in [0.2, 0.25) is 0 Å². The molecule has 0 heterocycles. The second-order valence-corrected chi connectivity index (χ2v) is 3.85. The Hall–Kier alpha value is -1.27. The quantitative estimate of drug-likeness (QED) is 0.853. The van der Waals surface area contributed by atoms with E-state index < -0.39 is 11.7 Å². The summed E-state index contributed by atoms with van der Waals surface area (Å²) in [6.45, 7) is 2.64. The van der Waals surface area contributed by atoms with Crippen molar-refractivity contribution in [3.8, 4) is 0 Å². The van der Waals surface area contributed by atoms with Crippen LogP contribution < -0.4 is 10.6 Å². The lowest BCUT2D eigenvalue weighted by molar-refractivity contribution is -0.138. The van der Waals surface area contributed by atoms with E-state index in [4.69, 9.17) is 10.8 Å². The normalized spacial score (nSPS) is 11.7. The van der Waals surface area contributed by atoms with Crippen LogP contribution in [0.3, 0.4) is 0 Å². The zero-order valence-corrected chi connectivity index (χ0v) is 10.2. The summed E-state index contributed by atoms with van der Waals surface area (Å²) in [7, 11) is 0. The lowest BCUT2D eigenvalue weighted by atomic mass is 10.1. The van der Waals surface area contributed by atoms with Gasteiger partial charge in [-0.05, 0) is 30.7 Å². The molecule has 18 heavy (non-hydrogen) atoms. The van der Waals surface area contributed by atoms with E-state index in [1.165, 1.54) is 12.1 Å². The molecule has 0 atom stereocenters. The van der Waals surface area contributed by atoms with E-state index in [9.17, 15) is 13.2 Å². The summed E-state index contributed by atoms with van der Waals surface area (Å²) in [4.78, 5) is 1.79. The average molecular weight is 262 g/mol. The molecule has 0 aromatic heterocycles. The summed E-state index contributed by atoms with van der Waals surface area (Å²) < 4.78 is 38.1. The van der Waals surface area contributed by atoms with Gasteiger partial charge in [-0.25, -0.2) is 0 Å². The highest BCUT2D eigenvalue weighted by Gasteiger charge is 2.33. The summed E-state index contributed by atoms with van der Waals surface area (Å²) in [5, 5.41) is 8.89. The average Bonchev–Trinajstić information content (AvgIpc) is 2.34. The maximum atomic E-state index is 12.7. The predicted octanol–water partition coefficient (Wildman–Crippen LogP) is 1.98. The molecule has 0 unspecified atom stereocenters. The minimum absolute atomic E-state index is 0.0488. The maximum absolute atomic E-state index is 12.7. The van der Waals surface area contributed by atoms with Crippen molar-refractivity contribution in [2.75, 3.05) is 24.6 Å². The first-order chi connectivity index (χ1) is 8.43. The Kier molecular flexibility index (Phi) is 4.98. The molecule has 1 rings (SSSR count). The number of aliphatic hydroxyl groups excluding tert-OH is 1. The highest BCUT2D eigenvalue weighted by atomic mass is 19.4. The molecule has 0 fully saturated rings. The Bertz CT molecular complexity index is 393. The molecule has 0 radical (unpaired) electrons. The molecule has 0 bridgehead atoms. The monoisotopic (exact) mass is 262 g/mol. The van der Waals surface area contributed by atoms with Gasteiger partial charge < -0.3 is 15.7 Å². The topological polar surface area (TPSA) is 49.5 Å². The number of rotatable bonds is 5. The fourth-order valence-electron chi connectivity index (χ4n) is 1.81. The van der Waals surface area contributed by atoms with Gasteiger partial charge in [0.05, 0.1) is 12.2 Å². The third kappa shape index (κ3) is 3.36. The van der Waals surface area contributed by atoms with Gasteiger partial charge >= 0.3 is 6.18 Å². The Morgan fingerprint density at radius 3 is 2.44 bits per heavy atom. The van der Waals surface area contributed by atoms with Crippen LogP contribution in [0.5, 0.6) is 0 Å². The molecule has 3 N–H and O–H groups in total. The molecular formula is C12H17F3N2O. The summed E-state index contributed by atoms with van der Waals surface area (Å²) in [6, 6.07) is 3.88. The van der Waals surface area contributed by atoms with Crippen molar-refractivity contribution in [3.05, 3.63) is 29.3 Å². The van der Waals surface area contributed by atoms with Gasteiger partial charge in [0.15, 0.2) is 0 Å². The smallest absolute Gasteiger partial charge is 0.395 e. The number of halogens is 3. The van der Waals surface area contributed by atoms with Gasteiger partial charge in [-0.3, -0.25) is 0 Å². The molecule has 1 aromatic carbocycles. The number of nitrogens with two attached hydrogens (primary N) is 1. The van der Waals surface area contributed by atoms with E-state index in [0.717, 1.165) is 6.07 Å². The number of aliphatic hydroxyl groups is 1. The van der Waals surface area contributed by atoms with E-state index in [1.807, 2.05) is 6.92 Å². The molecule has 0 spiro atoms. The van der Waals surface area contributed by atoms with Crippen molar-refractivity contribution in [1.82, 2.24) is 0 Å². The van der Waals surface area contributed by atoms with Crippen molar-refractivity contribution in [2.45, 2.75) is 19.6 Å². The molecule has 0 saturated carbocycles. The number of hydrogen-bond acceptors (Lipinski definition) is 3. The van der Waals surface area contributed by atoms with Gasteiger partial charge in [0, 0.05) is 25.3 Å². The summed E-state index contributed by atoms with van der Waals surface area (Å²) >= 11 is 0. The van der Waals surface area contributed by atoms with Gasteiger partial charge in [-0.1, -0.05) is 0 Å². The lowest BCUT2D eigenvalue weighted by Crippen LogP contribution is -2.26. The number of likely N-dealkylation sites (N-methyl/N-ethyl adjacent to an activating group) is 1. The van der Waals surface area contributed by atoms with Gasteiger partial charge in [0.1, 0.15) is 0 Å². The van der Waals surface area contributed by atoms with E-state index in [-0.39, 0.29) is 18.7 Å². The summed E-state index contributed by atoms with van der Waals surface area (Å²) in [5.74, 6) is 0. The minimum atomic E-state index is -4.39. The Labute approximate surface area is 104 Å². The van der Waals surface area contributed by atoms with Crippen LogP contribution in [0.4, 0.5) is 18.9 Å². The van der Waals surface area contributed by atoms with Crippen LogP contribution in [0.1, 0.15) is 18.1 Å². The molecule has 6 heteroatoms. The molecule has 3 nitrogen and oxygen atoms in total. The third-order valence-corrected chi connectivity index (χ3v) is 2.73. The van der Waals surface area contributed by atoms with E-state index in [0.29, 0.717) is 18.8 Å². The van der Waals surface area contributed by atoms with Crippen LogP contribution in [-0.2, 0) is 12.7 Å². The zero-order valence-electron chi connectivity index (χ0n) is 10.2. The minimum Gasteiger partial charge on any atom is -0.395 e. The highest BCUT2D eigenvalue weighted by molar-refractivity contribution is 5.51. The van der Waals surface area contributed by atoms with E-state index in [2.05, 4.69) is 0 Å². The van der Waals surface area contributed by atoms with Crippen LogP contribution in [0.25, 0.3) is 0 Å². The Morgan fingerprint density at radius 1 is 1.33 bits per heavy atom. The van der Waals surface area contributed by atoms with Crippen LogP contribution in [0, 0.1) is 0 Å². The molecule has 0 aliphatic carbocycles. The van der Waals surface area contributed by atoms with Crippen LogP contribution in [-0.4, -0.2) is 24.8 Å². The van der Waals surface area contributed by atoms with Gasteiger partial charge in [-0.2, -0.15) is 13.2 Å². The van der Waals surface area contributed by atoms with Crippen LogP contribution in [0.15, 0.2) is 18.2 Å². The number of benzene rings is 1. The summed E-state index contributed by atoms with van der Waals surface area (Å²) in [5.41, 5.74) is 5.37. The third-order valence-electron chi connectivity index (χ3n) is 2.73. The second kappa shape index (κ2) is 6.06. The molecule has 1 aromatic rings. The highest BCUT2D eigenvalue weighted by Crippen LogP contribution is 2.33. The lowest BCUT2D eigenvalue weighted by Gasteiger charge is -2.23. The number of nitrogens with zero attached hydrogens (tertiary/aromatic N) is 1. The molecule has 0 amide bonds. The zero-order chi connectivity index (χ0) is 13.8. The Morgan fingerprint density at radius 2 is 2.00 bits per heavy atom. The Balaban J connectivity index is 3.12. The molecule has 102 valence electrons. The van der Waals surface area contributed by atoms with Crippen molar-refractivity contribution < 1.29 is 18.3 Å². The molecular weight excluding hydrogens is 245 g/mol.